The van der Waals surface area contributed by atoms with Crippen LogP contribution in [0.1, 0.15) is 5.56 Å². The van der Waals surface area contributed by atoms with Gasteiger partial charge in [-0.15, -0.1) is 0 Å². The molecule has 4 heteroatoms. The lowest BCUT2D eigenvalue weighted by molar-refractivity contribution is 1.09. The van der Waals surface area contributed by atoms with Crippen LogP contribution in [0.5, 0.6) is 0 Å². The van der Waals surface area contributed by atoms with Crippen molar-refractivity contribution in [3.63, 3.8) is 0 Å². The molecule has 0 atom stereocenters. The Morgan fingerprint density at radius 3 is 2.67 bits per heavy atom. The standard InChI is InChI=1S/C14H12ClN3/c1-9-5-2-3-7-11(9)18-12-8-4-6-10(15)13(12)17-14(18)16/h2-8H,1H3,(H2,16,17). The second kappa shape index (κ2) is 4.03. The minimum Gasteiger partial charge on any atom is -0.369 e. The van der Waals surface area contributed by atoms with Gasteiger partial charge in [-0.2, -0.15) is 0 Å². The molecule has 0 aliphatic rings. The Morgan fingerprint density at radius 1 is 1.11 bits per heavy atom. The van der Waals surface area contributed by atoms with Crippen molar-refractivity contribution in [2.24, 2.45) is 0 Å². The minimum atomic E-state index is 0.451. The van der Waals surface area contributed by atoms with Gasteiger partial charge in [0.1, 0.15) is 5.52 Å². The summed E-state index contributed by atoms with van der Waals surface area (Å²) >= 11 is 6.14. The van der Waals surface area contributed by atoms with E-state index in [1.807, 2.05) is 54.0 Å². The number of aryl methyl sites for hydroxylation is 1. The third-order valence-electron chi connectivity index (χ3n) is 3.02. The van der Waals surface area contributed by atoms with Gasteiger partial charge in [0.2, 0.25) is 5.95 Å². The Labute approximate surface area is 110 Å². The molecular weight excluding hydrogens is 246 g/mol. The van der Waals surface area contributed by atoms with Crippen molar-refractivity contribution in [1.29, 1.82) is 0 Å². The Balaban J connectivity index is 2.40. The lowest BCUT2D eigenvalue weighted by Gasteiger charge is -2.09. The van der Waals surface area contributed by atoms with Crippen molar-refractivity contribution in [1.82, 2.24) is 9.55 Å². The Bertz CT molecular complexity index is 731. The molecule has 3 aromatic rings. The Hall–Kier alpha value is -2.00. The van der Waals surface area contributed by atoms with E-state index in [0.717, 1.165) is 22.3 Å². The molecule has 0 spiro atoms. The largest absolute Gasteiger partial charge is 0.369 e. The van der Waals surface area contributed by atoms with Crippen LogP contribution in [0.3, 0.4) is 0 Å². The van der Waals surface area contributed by atoms with Crippen LogP contribution >= 0.6 is 11.6 Å². The fourth-order valence-corrected chi connectivity index (χ4v) is 2.36. The highest BCUT2D eigenvalue weighted by atomic mass is 35.5. The van der Waals surface area contributed by atoms with Crippen molar-refractivity contribution in [2.75, 3.05) is 5.73 Å². The molecule has 0 fully saturated rings. The number of rotatable bonds is 1. The highest BCUT2D eigenvalue weighted by Gasteiger charge is 2.12. The van der Waals surface area contributed by atoms with Gasteiger partial charge in [0.25, 0.3) is 0 Å². The first-order valence-electron chi connectivity index (χ1n) is 5.67. The van der Waals surface area contributed by atoms with Crippen LogP contribution in [-0.2, 0) is 0 Å². The topological polar surface area (TPSA) is 43.8 Å². The third kappa shape index (κ3) is 1.56. The van der Waals surface area contributed by atoms with E-state index in [0.29, 0.717) is 11.0 Å². The van der Waals surface area contributed by atoms with Crippen LogP contribution < -0.4 is 5.73 Å². The molecule has 1 aromatic heterocycles. The van der Waals surface area contributed by atoms with Crippen molar-refractivity contribution >= 4 is 28.6 Å². The summed E-state index contributed by atoms with van der Waals surface area (Å²) in [6.07, 6.45) is 0. The number of fused-ring (bicyclic) bond motifs is 1. The van der Waals surface area contributed by atoms with Crippen LogP contribution in [0.4, 0.5) is 5.95 Å². The fraction of sp³-hybridized carbons (Fsp3) is 0.0714. The summed E-state index contributed by atoms with van der Waals surface area (Å²) in [6, 6.07) is 13.7. The highest BCUT2D eigenvalue weighted by molar-refractivity contribution is 6.35. The van der Waals surface area contributed by atoms with Crippen LogP contribution in [0, 0.1) is 6.92 Å². The first kappa shape index (κ1) is 11.1. The number of halogens is 1. The van der Waals surface area contributed by atoms with Gasteiger partial charge in [0.15, 0.2) is 0 Å². The van der Waals surface area contributed by atoms with Gasteiger partial charge in [0.05, 0.1) is 16.2 Å². The number of nitrogens with two attached hydrogens (primary N) is 1. The lowest BCUT2D eigenvalue weighted by atomic mass is 10.2. The highest BCUT2D eigenvalue weighted by Crippen LogP contribution is 2.28. The van der Waals surface area contributed by atoms with E-state index >= 15 is 0 Å². The van der Waals surface area contributed by atoms with Crippen molar-refractivity contribution < 1.29 is 0 Å². The average molecular weight is 258 g/mol. The summed E-state index contributed by atoms with van der Waals surface area (Å²) in [7, 11) is 0. The molecule has 3 nitrogen and oxygen atoms in total. The summed E-state index contributed by atoms with van der Waals surface area (Å²) in [6.45, 7) is 2.05. The predicted molar refractivity (Wildman–Crippen MR) is 75.2 cm³/mol. The van der Waals surface area contributed by atoms with Gasteiger partial charge >= 0.3 is 0 Å². The van der Waals surface area contributed by atoms with Gasteiger partial charge in [0, 0.05) is 0 Å². The second-order valence-electron chi connectivity index (χ2n) is 4.20. The van der Waals surface area contributed by atoms with E-state index in [1.54, 1.807) is 0 Å². The summed E-state index contributed by atoms with van der Waals surface area (Å²) in [5.74, 6) is 0.451. The second-order valence-corrected chi connectivity index (χ2v) is 4.61. The van der Waals surface area contributed by atoms with Crippen molar-refractivity contribution in [3.8, 4) is 5.69 Å². The molecule has 0 radical (unpaired) electrons. The van der Waals surface area contributed by atoms with Crippen molar-refractivity contribution in [3.05, 3.63) is 53.1 Å². The van der Waals surface area contributed by atoms with Gasteiger partial charge in [-0.1, -0.05) is 35.9 Å². The molecule has 0 aliphatic carbocycles. The zero-order chi connectivity index (χ0) is 12.7. The van der Waals surface area contributed by atoms with Crippen LogP contribution in [0.25, 0.3) is 16.7 Å². The zero-order valence-electron chi connectivity index (χ0n) is 9.89. The monoisotopic (exact) mass is 257 g/mol. The third-order valence-corrected chi connectivity index (χ3v) is 3.32. The van der Waals surface area contributed by atoms with E-state index < -0.39 is 0 Å². The molecule has 0 unspecified atom stereocenters. The van der Waals surface area contributed by atoms with Crippen LogP contribution in [-0.4, -0.2) is 9.55 Å². The molecule has 0 amide bonds. The molecule has 2 N–H and O–H groups in total. The molecule has 0 bridgehead atoms. The van der Waals surface area contributed by atoms with E-state index in [2.05, 4.69) is 4.98 Å². The number of nitrogens with zero attached hydrogens (tertiary/aromatic N) is 2. The van der Waals surface area contributed by atoms with E-state index in [1.165, 1.54) is 0 Å². The summed E-state index contributed by atoms with van der Waals surface area (Å²) < 4.78 is 1.93. The van der Waals surface area contributed by atoms with E-state index in [-0.39, 0.29) is 0 Å². The molecule has 90 valence electrons. The van der Waals surface area contributed by atoms with Gasteiger partial charge < -0.3 is 5.73 Å². The smallest absolute Gasteiger partial charge is 0.205 e. The zero-order valence-corrected chi connectivity index (χ0v) is 10.6. The molecule has 3 rings (SSSR count). The maximum Gasteiger partial charge on any atom is 0.205 e. The first-order valence-corrected chi connectivity index (χ1v) is 6.05. The average Bonchev–Trinajstić information content (AvgIpc) is 2.68. The minimum absolute atomic E-state index is 0.451. The fourth-order valence-electron chi connectivity index (χ4n) is 2.15. The number of imidazole rings is 1. The lowest BCUT2D eigenvalue weighted by Crippen LogP contribution is -2.02. The molecule has 2 aromatic carbocycles. The normalized spacial score (nSPS) is 11.0. The van der Waals surface area contributed by atoms with E-state index in [9.17, 15) is 0 Å². The van der Waals surface area contributed by atoms with Gasteiger partial charge in [-0.05, 0) is 30.7 Å². The number of anilines is 1. The SMILES string of the molecule is Cc1ccccc1-n1c(N)nc2c(Cl)cccc21. The molecule has 0 aliphatic heterocycles. The first-order chi connectivity index (χ1) is 8.68. The molecular formula is C14H12ClN3. The van der Waals surface area contributed by atoms with Gasteiger partial charge in [-0.3, -0.25) is 4.57 Å². The number of para-hydroxylation sites is 2. The number of benzene rings is 2. The summed E-state index contributed by atoms with van der Waals surface area (Å²) in [5, 5.41) is 0.617. The van der Waals surface area contributed by atoms with Crippen LogP contribution in [0.2, 0.25) is 5.02 Å². The van der Waals surface area contributed by atoms with Gasteiger partial charge in [-0.25, -0.2) is 4.98 Å². The maximum atomic E-state index is 6.14. The predicted octanol–water partition coefficient (Wildman–Crippen LogP) is 3.57. The quantitative estimate of drug-likeness (QED) is 0.724. The molecule has 0 saturated carbocycles. The number of aromatic nitrogens is 2. The van der Waals surface area contributed by atoms with Crippen molar-refractivity contribution in [2.45, 2.75) is 6.92 Å². The summed E-state index contributed by atoms with van der Waals surface area (Å²) in [5.41, 5.74) is 9.85. The maximum absolute atomic E-state index is 6.14. The number of hydrogen-bond acceptors (Lipinski definition) is 2. The summed E-state index contributed by atoms with van der Waals surface area (Å²) in [4.78, 5) is 4.34. The van der Waals surface area contributed by atoms with E-state index in [4.69, 9.17) is 17.3 Å². The Kier molecular flexibility index (Phi) is 2.49. The Morgan fingerprint density at radius 2 is 1.89 bits per heavy atom. The number of nitrogen functional groups attached to an aromatic ring is 1. The molecule has 0 saturated heterocycles. The molecule has 1 heterocycles. The number of hydrogen-bond donors (Lipinski definition) is 1. The molecule has 18 heavy (non-hydrogen) atoms. The van der Waals surface area contributed by atoms with Crippen LogP contribution in [0.15, 0.2) is 42.5 Å².